The molecule has 2 aromatic rings. The number of nitrogens with zero attached hydrogens (tertiary/aromatic N) is 4. The molecule has 2 rings (SSSR count). The van der Waals surface area contributed by atoms with E-state index in [0.29, 0.717) is 10.8 Å². The second-order valence-electron chi connectivity index (χ2n) is 2.25. The number of nitrogens with one attached hydrogen (secondary N) is 1. The predicted molar refractivity (Wildman–Crippen MR) is 44.8 cm³/mol. The average molecular weight is 198 g/mol. The first kappa shape index (κ1) is 7.93. The molecule has 7 heteroatoms. The first-order valence-electron chi connectivity index (χ1n) is 3.40. The fourth-order valence-corrected chi connectivity index (χ4v) is 1.06. The molecule has 0 saturated carbocycles. The molecule has 13 heavy (non-hydrogen) atoms. The molecule has 0 aliphatic heterocycles. The van der Waals surface area contributed by atoms with Crippen LogP contribution in [0.1, 0.15) is 0 Å². The predicted octanol–water partition coefficient (Wildman–Crippen LogP) is 0.00400. The molecular weight excluding hydrogens is 194 g/mol. The first-order chi connectivity index (χ1) is 6.27. The fraction of sp³-hybridized carbons (Fsp3) is 0. The summed E-state index contributed by atoms with van der Waals surface area (Å²) in [6, 6.07) is 3.13. The minimum Gasteiger partial charge on any atom is -0.244 e. The summed E-state index contributed by atoms with van der Waals surface area (Å²) in [5, 5.41) is 9.35. The van der Waals surface area contributed by atoms with Crippen LogP contribution in [-0.2, 0) is 0 Å². The van der Waals surface area contributed by atoms with Crippen molar-refractivity contribution < 1.29 is 0 Å². The van der Waals surface area contributed by atoms with Crippen molar-refractivity contribution in [3.05, 3.63) is 34.0 Å². The average Bonchev–Trinajstić information content (AvgIpc) is 2.51. The second kappa shape index (κ2) is 2.98. The smallest absolute Gasteiger partial charge is 0.244 e. The number of hydrogen-bond donors (Lipinski definition) is 1. The maximum atomic E-state index is 11.0. The van der Waals surface area contributed by atoms with Gasteiger partial charge in [-0.3, -0.25) is 0 Å². The molecule has 0 amide bonds. The number of H-pyrrole nitrogens is 1. The summed E-state index contributed by atoms with van der Waals surface area (Å²) in [6.45, 7) is 0. The number of tetrazole rings is 1. The molecule has 6 nitrogen and oxygen atoms in total. The molecule has 2 heterocycles. The van der Waals surface area contributed by atoms with E-state index in [1.165, 1.54) is 12.3 Å². The van der Waals surface area contributed by atoms with Crippen LogP contribution in [0.25, 0.3) is 5.69 Å². The molecule has 0 atom stereocenters. The highest BCUT2D eigenvalue weighted by Crippen LogP contribution is 2.08. The lowest BCUT2D eigenvalue weighted by Crippen LogP contribution is -2.15. The van der Waals surface area contributed by atoms with Gasteiger partial charge in [0.2, 0.25) is 0 Å². The third-order valence-corrected chi connectivity index (χ3v) is 1.63. The zero-order valence-corrected chi connectivity index (χ0v) is 7.06. The lowest BCUT2D eigenvalue weighted by Gasteiger charge is -1.96. The lowest BCUT2D eigenvalue weighted by atomic mass is 10.4. The van der Waals surface area contributed by atoms with E-state index < -0.39 is 5.69 Å². The summed E-state index contributed by atoms with van der Waals surface area (Å²) >= 11 is 5.63. The largest absolute Gasteiger partial charge is 0.365 e. The van der Waals surface area contributed by atoms with Gasteiger partial charge in [-0.1, -0.05) is 11.6 Å². The molecule has 0 spiro atoms. The summed E-state index contributed by atoms with van der Waals surface area (Å²) < 4.78 is 1.09. The van der Waals surface area contributed by atoms with Crippen LogP contribution in [0.4, 0.5) is 0 Å². The number of hydrogen-bond acceptors (Lipinski definition) is 4. The maximum absolute atomic E-state index is 11.0. The van der Waals surface area contributed by atoms with Gasteiger partial charge in [-0.25, -0.2) is 14.9 Å². The summed E-state index contributed by atoms with van der Waals surface area (Å²) in [5.41, 5.74) is 0.112. The van der Waals surface area contributed by atoms with Crippen molar-refractivity contribution in [1.82, 2.24) is 25.2 Å². The minimum atomic E-state index is -0.415. The van der Waals surface area contributed by atoms with Crippen molar-refractivity contribution in [3.63, 3.8) is 0 Å². The quantitative estimate of drug-likeness (QED) is 0.653. The maximum Gasteiger partial charge on any atom is 0.365 e. The van der Waals surface area contributed by atoms with E-state index in [0.717, 1.165) is 4.68 Å². The monoisotopic (exact) mass is 197 g/mol. The Hall–Kier alpha value is -1.69. The molecule has 0 bridgehead atoms. The SMILES string of the molecule is O=c1[nH]nnn1-c1ccnc(Cl)c1. The molecular formula is C6H4ClN5O. The van der Waals surface area contributed by atoms with Crippen LogP contribution in [-0.4, -0.2) is 25.2 Å². The lowest BCUT2D eigenvalue weighted by molar-refractivity contribution is 0.778. The number of aromatic nitrogens is 5. The molecule has 1 N–H and O–H groups in total. The Labute approximate surface area is 77.2 Å². The third kappa shape index (κ3) is 1.43. The topological polar surface area (TPSA) is 76.5 Å². The van der Waals surface area contributed by atoms with E-state index in [4.69, 9.17) is 11.6 Å². The van der Waals surface area contributed by atoms with Crippen LogP contribution in [0.5, 0.6) is 0 Å². The highest BCUT2D eigenvalue weighted by molar-refractivity contribution is 6.29. The van der Waals surface area contributed by atoms with Gasteiger partial charge >= 0.3 is 5.69 Å². The second-order valence-corrected chi connectivity index (χ2v) is 2.64. The van der Waals surface area contributed by atoms with Gasteiger partial charge in [0.05, 0.1) is 5.69 Å². The van der Waals surface area contributed by atoms with Crippen LogP contribution >= 0.6 is 11.6 Å². The van der Waals surface area contributed by atoms with Crippen LogP contribution < -0.4 is 5.69 Å². The first-order valence-corrected chi connectivity index (χ1v) is 3.77. The normalized spacial score (nSPS) is 10.2. The van der Waals surface area contributed by atoms with Crippen LogP contribution in [0.15, 0.2) is 23.1 Å². The van der Waals surface area contributed by atoms with Gasteiger partial charge in [0.15, 0.2) is 0 Å². The van der Waals surface area contributed by atoms with Gasteiger partial charge in [0.1, 0.15) is 5.15 Å². The third-order valence-electron chi connectivity index (χ3n) is 1.43. The van der Waals surface area contributed by atoms with E-state index in [1.54, 1.807) is 6.07 Å². The minimum absolute atomic E-state index is 0.299. The Morgan fingerprint density at radius 3 is 3.00 bits per heavy atom. The Morgan fingerprint density at radius 2 is 2.38 bits per heavy atom. The van der Waals surface area contributed by atoms with Gasteiger partial charge in [-0.2, -0.15) is 4.68 Å². The van der Waals surface area contributed by atoms with Gasteiger partial charge in [0, 0.05) is 12.3 Å². The highest BCUT2D eigenvalue weighted by atomic mass is 35.5. The number of aromatic amines is 1. The Kier molecular flexibility index (Phi) is 1.82. The molecule has 0 aliphatic carbocycles. The molecule has 2 aromatic heterocycles. The summed E-state index contributed by atoms with van der Waals surface area (Å²) in [7, 11) is 0. The van der Waals surface area contributed by atoms with E-state index >= 15 is 0 Å². The molecule has 0 radical (unpaired) electrons. The van der Waals surface area contributed by atoms with Crippen molar-refractivity contribution >= 4 is 11.6 Å². The van der Waals surface area contributed by atoms with E-state index in [9.17, 15) is 4.79 Å². The highest BCUT2D eigenvalue weighted by Gasteiger charge is 2.02. The molecule has 0 aliphatic rings. The van der Waals surface area contributed by atoms with Gasteiger partial charge < -0.3 is 0 Å². The van der Waals surface area contributed by atoms with Crippen molar-refractivity contribution in [2.24, 2.45) is 0 Å². The number of halogens is 1. The van der Waals surface area contributed by atoms with Crippen LogP contribution in [0.3, 0.4) is 0 Å². The summed E-state index contributed by atoms with van der Waals surface area (Å²) in [4.78, 5) is 14.8. The molecule has 66 valence electrons. The number of rotatable bonds is 1. The summed E-state index contributed by atoms with van der Waals surface area (Å²) in [5.74, 6) is 0. The van der Waals surface area contributed by atoms with Crippen molar-refractivity contribution in [1.29, 1.82) is 0 Å². The molecule has 0 fully saturated rings. The molecule has 0 saturated heterocycles. The molecule has 0 unspecified atom stereocenters. The van der Waals surface area contributed by atoms with Crippen LogP contribution in [0, 0.1) is 0 Å². The molecule has 0 aromatic carbocycles. The Balaban J connectivity index is 2.59. The van der Waals surface area contributed by atoms with Crippen molar-refractivity contribution in [2.45, 2.75) is 0 Å². The zero-order chi connectivity index (χ0) is 9.26. The van der Waals surface area contributed by atoms with Gasteiger partial charge in [-0.15, -0.1) is 0 Å². The van der Waals surface area contributed by atoms with Crippen molar-refractivity contribution in [3.8, 4) is 5.69 Å². The van der Waals surface area contributed by atoms with E-state index in [2.05, 4.69) is 20.5 Å². The fourth-order valence-electron chi connectivity index (χ4n) is 0.891. The standard InChI is InChI=1S/C6H4ClN5O/c7-5-3-4(1-2-8-5)12-6(13)9-10-11-12/h1-3H,(H,9,11,13). The van der Waals surface area contributed by atoms with Gasteiger partial charge in [0.25, 0.3) is 0 Å². The number of pyridine rings is 1. The van der Waals surface area contributed by atoms with Gasteiger partial charge in [-0.05, 0) is 16.5 Å². The Bertz CT molecular complexity index is 476. The van der Waals surface area contributed by atoms with Crippen molar-refractivity contribution in [2.75, 3.05) is 0 Å². The van der Waals surface area contributed by atoms with Crippen LogP contribution in [0.2, 0.25) is 5.15 Å². The Morgan fingerprint density at radius 1 is 1.54 bits per heavy atom. The van der Waals surface area contributed by atoms with E-state index in [1.807, 2.05) is 0 Å². The van der Waals surface area contributed by atoms with E-state index in [-0.39, 0.29) is 0 Å². The zero-order valence-electron chi connectivity index (χ0n) is 6.31. The summed E-state index contributed by atoms with van der Waals surface area (Å²) in [6.07, 6.45) is 1.48.